The molecule has 3 aromatic rings. The summed E-state index contributed by atoms with van der Waals surface area (Å²) in [5.41, 5.74) is 5.88. The molecule has 0 radical (unpaired) electrons. The fourth-order valence-corrected chi connectivity index (χ4v) is 3.90. The van der Waals surface area contributed by atoms with Gasteiger partial charge in [0.2, 0.25) is 5.91 Å². The smallest absolute Gasteiger partial charge is 0.251 e. The molecule has 3 rings (SSSR count). The molecule has 2 N–H and O–H groups in total. The van der Waals surface area contributed by atoms with E-state index in [1.165, 1.54) is 0 Å². The Labute approximate surface area is 208 Å². The Hall–Kier alpha value is -3.60. The van der Waals surface area contributed by atoms with Crippen LogP contribution in [0.25, 0.3) is 11.1 Å². The number of benzene rings is 3. The molecule has 0 unspecified atom stereocenters. The SMILES string of the molecule is COc1ccc(CCC(=O)NCc2ccccc2-c2cc(C(=O)NCCC(C)C)ccc2C)cc1. The maximum absolute atomic E-state index is 12.7. The van der Waals surface area contributed by atoms with E-state index in [0.717, 1.165) is 40.0 Å². The van der Waals surface area contributed by atoms with E-state index in [-0.39, 0.29) is 11.8 Å². The molecule has 0 saturated heterocycles. The van der Waals surface area contributed by atoms with Crippen molar-refractivity contribution in [3.8, 4) is 16.9 Å². The van der Waals surface area contributed by atoms with Crippen LogP contribution in [0, 0.1) is 12.8 Å². The second-order valence-corrected chi connectivity index (χ2v) is 9.25. The van der Waals surface area contributed by atoms with Crippen molar-refractivity contribution >= 4 is 11.8 Å². The number of hydrogen-bond donors (Lipinski definition) is 2. The van der Waals surface area contributed by atoms with Crippen LogP contribution >= 0.6 is 0 Å². The molecule has 0 fully saturated rings. The molecule has 0 saturated carbocycles. The monoisotopic (exact) mass is 472 g/mol. The van der Waals surface area contributed by atoms with Crippen LogP contribution < -0.4 is 15.4 Å². The number of amides is 2. The van der Waals surface area contributed by atoms with Crippen molar-refractivity contribution in [2.45, 2.75) is 46.6 Å². The summed E-state index contributed by atoms with van der Waals surface area (Å²) >= 11 is 0. The normalized spacial score (nSPS) is 10.8. The van der Waals surface area contributed by atoms with Crippen molar-refractivity contribution in [1.29, 1.82) is 0 Å². The van der Waals surface area contributed by atoms with Crippen molar-refractivity contribution in [2.24, 2.45) is 5.92 Å². The van der Waals surface area contributed by atoms with Crippen LogP contribution in [-0.4, -0.2) is 25.5 Å². The van der Waals surface area contributed by atoms with Gasteiger partial charge in [0.05, 0.1) is 7.11 Å². The molecule has 5 nitrogen and oxygen atoms in total. The maximum atomic E-state index is 12.7. The van der Waals surface area contributed by atoms with Crippen molar-refractivity contribution < 1.29 is 14.3 Å². The van der Waals surface area contributed by atoms with E-state index in [1.807, 2.05) is 73.7 Å². The Morgan fingerprint density at radius 1 is 0.914 bits per heavy atom. The third-order valence-electron chi connectivity index (χ3n) is 6.09. The number of ether oxygens (including phenoxy) is 1. The predicted octanol–water partition coefficient (Wildman–Crippen LogP) is 5.70. The van der Waals surface area contributed by atoms with Crippen LogP contribution in [0.2, 0.25) is 0 Å². The van der Waals surface area contributed by atoms with Gasteiger partial charge in [-0.1, -0.05) is 56.3 Å². The Kier molecular flexibility index (Phi) is 9.47. The van der Waals surface area contributed by atoms with Crippen LogP contribution in [0.1, 0.15) is 53.7 Å². The second kappa shape index (κ2) is 12.7. The van der Waals surface area contributed by atoms with Gasteiger partial charge in [-0.05, 0) is 77.8 Å². The minimum absolute atomic E-state index is 0.00521. The van der Waals surface area contributed by atoms with Gasteiger partial charge in [0.15, 0.2) is 0 Å². The first-order valence-corrected chi connectivity index (χ1v) is 12.2. The maximum Gasteiger partial charge on any atom is 0.251 e. The van der Waals surface area contributed by atoms with E-state index in [2.05, 4.69) is 24.5 Å². The second-order valence-electron chi connectivity index (χ2n) is 9.25. The van der Waals surface area contributed by atoms with Gasteiger partial charge in [0.25, 0.3) is 5.91 Å². The van der Waals surface area contributed by atoms with Crippen molar-refractivity contribution in [1.82, 2.24) is 10.6 Å². The molecule has 0 aliphatic heterocycles. The summed E-state index contributed by atoms with van der Waals surface area (Å²) < 4.78 is 5.18. The molecule has 0 aliphatic rings. The number of carbonyl (C=O) groups is 2. The first-order chi connectivity index (χ1) is 16.9. The van der Waals surface area contributed by atoms with Gasteiger partial charge < -0.3 is 15.4 Å². The molecular weight excluding hydrogens is 436 g/mol. The van der Waals surface area contributed by atoms with E-state index < -0.39 is 0 Å². The summed E-state index contributed by atoms with van der Waals surface area (Å²) in [6.07, 6.45) is 2.04. The number of nitrogens with one attached hydrogen (secondary N) is 2. The van der Waals surface area contributed by atoms with Crippen LogP contribution in [0.15, 0.2) is 66.7 Å². The summed E-state index contributed by atoms with van der Waals surface area (Å²) in [6.45, 7) is 7.43. The Balaban J connectivity index is 1.66. The molecule has 2 amide bonds. The summed E-state index contributed by atoms with van der Waals surface area (Å²) in [7, 11) is 1.64. The molecule has 0 aromatic heterocycles. The third-order valence-corrected chi connectivity index (χ3v) is 6.09. The highest BCUT2D eigenvalue weighted by atomic mass is 16.5. The molecule has 0 atom stereocenters. The first-order valence-electron chi connectivity index (χ1n) is 12.2. The summed E-state index contributed by atoms with van der Waals surface area (Å²) in [5.74, 6) is 1.30. The van der Waals surface area contributed by atoms with Crippen LogP contribution in [0.3, 0.4) is 0 Å². The molecule has 5 heteroatoms. The van der Waals surface area contributed by atoms with Gasteiger partial charge in [0.1, 0.15) is 5.75 Å². The predicted molar refractivity (Wildman–Crippen MR) is 142 cm³/mol. The lowest BCUT2D eigenvalue weighted by Gasteiger charge is -2.15. The van der Waals surface area contributed by atoms with E-state index in [0.29, 0.717) is 37.4 Å². The lowest BCUT2D eigenvalue weighted by Crippen LogP contribution is -2.25. The molecule has 0 spiro atoms. The molecule has 3 aromatic carbocycles. The fraction of sp³-hybridized carbons (Fsp3) is 0.333. The number of aryl methyl sites for hydroxylation is 2. The van der Waals surface area contributed by atoms with Crippen molar-refractivity contribution in [3.63, 3.8) is 0 Å². The van der Waals surface area contributed by atoms with E-state index >= 15 is 0 Å². The minimum Gasteiger partial charge on any atom is -0.497 e. The standard InChI is InChI=1S/C30H36N2O3/c1-21(2)17-18-31-30(34)24-13-9-22(3)28(19-24)27-8-6-5-7-25(27)20-32-29(33)16-12-23-10-14-26(35-4)15-11-23/h5-11,13-15,19,21H,12,16-18,20H2,1-4H3,(H,31,34)(H,32,33). The zero-order valence-corrected chi connectivity index (χ0v) is 21.2. The Bertz CT molecular complexity index is 1140. The summed E-state index contributed by atoms with van der Waals surface area (Å²) in [4.78, 5) is 25.2. The van der Waals surface area contributed by atoms with Crippen molar-refractivity contribution in [2.75, 3.05) is 13.7 Å². The highest BCUT2D eigenvalue weighted by Crippen LogP contribution is 2.28. The lowest BCUT2D eigenvalue weighted by atomic mass is 9.94. The van der Waals surface area contributed by atoms with Gasteiger partial charge in [0, 0.05) is 25.1 Å². The summed E-state index contributed by atoms with van der Waals surface area (Å²) in [5, 5.41) is 6.07. The Morgan fingerprint density at radius 3 is 2.37 bits per heavy atom. The number of rotatable bonds is 11. The minimum atomic E-state index is -0.0591. The average molecular weight is 473 g/mol. The zero-order valence-electron chi connectivity index (χ0n) is 21.2. The van der Waals surface area contributed by atoms with Crippen LogP contribution in [-0.2, 0) is 17.8 Å². The van der Waals surface area contributed by atoms with Gasteiger partial charge in [-0.15, -0.1) is 0 Å². The van der Waals surface area contributed by atoms with Gasteiger partial charge in [-0.25, -0.2) is 0 Å². The molecule has 0 aliphatic carbocycles. The van der Waals surface area contributed by atoms with Gasteiger partial charge in [-0.2, -0.15) is 0 Å². The highest BCUT2D eigenvalue weighted by Gasteiger charge is 2.13. The molecule has 35 heavy (non-hydrogen) atoms. The van der Waals surface area contributed by atoms with E-state index in [9.17, 15) is 9.59 Å². The van der Waals surface area contributed by atoms with Crippen LogP contribution in [0.5, 0.6) is 5.75 Å². The van der Waals surface area contributed by atoms with Crippen LogP contribution in [0.4, 0.5) is 0 Å². The quantitative estimate of drug-likeness (QED) is 0.376. The molecular formula is C30H36N2O3. The first kappa shape index (κ1) is 26.0. The van der Waals surface area contributed by atoms with E-state index in [1.54, 1.807) is 7.11 Å². The van der Waals surface area contributed by atoms with Gasteiger partial charge >= 0.3 is 0 Å². The average Bonchev–Trinajstić information content (AvgIpc) is 2.86. The fourth-order valence-electron chi connectivity index (χ4n) is 3.90. The number of hydrogen-bond acceptors (Lipinski definition) is 3. The molecule has 0 heterocycles. The van der Waals surface area contributed by atoms with Crippen molar-refractivity contribution in [3.05, 3.63) is 89.0 Å². The van der Waals surface area contributed by atoms with E-state index in [4.69, 9.17) is 4.74 Å². The number of carbonyl (C=O) groups excluding carboxylic acids is 2. The Morgan fingerprint density at radius 2 is 1.66 bits per heavy atom. The van der Waals surface area contributed by atoms with Gasteiger partial charge in [-0.3, -0.25) is 9.59 Å². The highest BCUT2D eigenvalue weighted by molar-refractivity contribution is 5.96. The number of methoxy groups -OCH3 is 1. The molecule has 184 valence electrons. The zero-order chi connectivity index (χ0) is 25.2. The topological polar surface area (TPSA) is 67.4 Å². The lowest BCUT2D eigenvalue weighted by molar-refractivity contribution is -0.121. The summed E-state index contributed by atoms with van der Waals surface area (Å²) in [6, 6.07) is 21.6. The molecule has 0 bridgehead atoms. The largest absolute Gasteiger partial charge is 0.497 e. The third kappa shape index (κ3) is 7.71.